The van der Waals surface area contributed by atoms with Crippen LogP contribution in [0.5, 0.6) is 5.75 Å². The van der Waals surface area contributed by atoms with Crippen LogP contribution in [0.4, 0.5) is 5.69 Å². The van der Waals surface area contributed by atoms with Gasteiger partial charge in [0.15, 0.2) is 5.11 Å². The lowest BCUT2D eigenvalue weighted by Crippen LogP contribution is -2.45. The second-order valence-electron chi connectivity index (χ2n) is 7.56. The Morgan fingerprint density at radius 3 is 2.52 bits per heavy atom. The van der Waals surface area contributed by atoms with Crippen molar-refractivity contribution in [3.8, 4) is 5.75 Å². The van der Waals surface area contributed by atoms with Crippen molar-refractivity contribution < 1.29 is 9.53 Å². The van der Waals surface area contributed by atoms with E-state index < -0.39 is 0 Å². The minimum Gasteiger partial charge on any atom is -0.495 e. The third-order valence-corrected chi connectivity index (χ3v) is 5.05. The largest absolute Gasteiger partial charge is 0.495 e. The molecule has 6 heteroatoms. The van der Waals surface area contributed by atoms with Crippen molar-refractivity contribution >= 4 is 28.9 Å². The predicted octanol–water partition coefficient (Wildman–Crippen LogP) is 4.33. The molecule has 29 heavy (non-hydrogen) atoms. The SMILES string of the molecule is COc1ccccc1NC(=O)C1=C(C)NC(=S)NC1c1ccc(CC(C)C)cc1. The van der Waals surface area contributed by atoms with Crippen LogP contribution >= 0.6 is 12.2 Å². The standard InChI is InChI=1S/C23H27N3O2S/c1-14(2)13-16-9-11-17(12-10-16)21-20(15(3)24-23(29)26-21)22(27)25-18-7-5-6-8-19(18)28-4/h5-12,14,21H,13H2,1-4H3,(H,25,27)(H2,24,26,29). The zero-order chi connectivity index (χ0) is 21.0. The van der Waals surface area contributed by atoms with Gasteiger partial charge in [0.1, 0.15) is 5.75 Å². The van der Waals surface area contributed by atoms with Crippen molar-refractivity contribution in [2.75, 3.05) is 12.4 Å². The number of carbonyl (C=O) groups is 1. The number of benzene rings is 2. The Morgan fingerprint density at radius 2 is 1.86 bits per heavy atom. The summed E-state index contributed by atoms with van der Waals surface area (Å²) < 4.78 is 5.35. The normalized spacial score (nSPS) is 16.3. The number of hydrogen-bond donors (Lipinski definition) is 3. The van der Waals surface area contributed by atoms with Crippen molar-refractivity contribution in [2.45, 2.75) is 33.2 Å². The summed E-state index contributed by atoms with van der Waals surface area (Å²) in [4.78, 5) is 13.2. The number of amides is 1. The topological polar surface area (TPSA) is 62.4 Å². The highest BCUT2D eigenvalue weighted by atomic mass is 32.1. The predicted molar refractivity (Wildman–Crippen MR) is 121 cm³/mol. The molecule has 1 amide bonds. The highest BCUT2D eigenvalue weighted by Crippen LogP contribution is 2.30. The van der Waals surface area contributed by atoms with E-state index in [0.29, 0.717) is 28.0 Å². The van der Waals surface area contributed by atoms with Gasteiger partial charge in [-0.3, -0.25) is 4.79 Å². The van der Waals surface area contributed by atoms with Crippen LogP contribution in [0.1, 0.15) is 37.9 Å². The first-order chi connectivity index (χ1) is 13.9. The van der Waals surface area contributed by atoms with Crippen LogP contribution in [0.15, 0.2) is 59.8 Å². The van der Waals surface area contributed by atoms with Crippen LogP contribution < -0.4 is 20.7 Å². The summed E-state index contributed by atoms with van der Waals surface area (Å²) in [6.07, 6.45) is 1.02. The molecule has 0 radical (unpaired) electrons. The highest BCUT2D eigenvalue weighted by Gasteiger charge is 2.30. The maximum absolute atomic E-state index is 13.2. The van der Waals surface area contributed by atoms with E-state index in [0.717, 1.165) is 17.7 Å². The summed E-state index contributed by atoms with van der Waals surface area (Å²) in [5, 5.41) is 9.78. The Kier molecular flexibility index (Phi) is 6.54. The minimum absolute atomic E-state index is 0.203. The molecule has 0 spiro atoms. The second kappa shape index (κ2) is 9.09. The van der Waals surface area contributed by atoms with Gasteiger partial charge in [-0.1, -0.05) is 50.2 Å². The number of thiocarbonyl (C=S) groups is 1. The second-order valence-corrected chi connectivity index (χ2v) is 7.97. The molecule has 1 aliphatic heterocycles. The first-order valence-electron chi connectivity index (χ1n) is 9.70. The molecule has 0 aliphatic carbocycles. The van der Waals surface area contributed by atoms with Gasteiger partial charge in [-0.15, -0.1) is 0 Å². The van der Waals surface area contributed by atoms with Crippen LogP contribution in [-0.4, -0.2) is 18.1 Å². The number of para-hydroxylation sites is 2. The minimum atomic E-state index is -0.327. The molecule has 1 aliphatic rings. The van der Waals surface area contributed by atoms with Gasteiger partial charge in [0.05, 0.1) is 24.4 Å². The Hall–Kier alpha value is -2.86. The van der Waals surface area contributed by atoms with E-state index in [1.54, 1.807) is 7.11 Å². The Bertz CT molecular complexity index is 935. The molecule has 152 valence electrons. The molecule has 3 N–H and O–H groups in total. The van der Waals surface area contributed by atoms with Gasteiger partial charge in [-0.2, -0.15) is 0 Å². The molecule has 0 saturated heterocycles. The van der Waals surface area contributed by atoms with E-state index in [9.17, 15) is 4.79 Å². The van der Waals surface area contributed by atoms with Crippen molar-refractivity contribution in [3.05, 3.63) is 70.9 Å². The maximum Gasteiger partial charge on any atom is 0.255 e. The van der Waals surface area contributed by atoms with E-state index in [4.69, 9.17) is 17.0 Å². The van der Waals surface area contributed by atoms with Crippen LogP contribution in [0.25, 0.3) is 0 Å². The lowest BCUT2D eigenvalue weighted by molar-refractivity contribution is -0.113. The molecular weight excluding hydrogens is 382 g/mol. The van der Waals surface area contributed by atoms with Crippen LogP contribution in [0, 0.1) is 5.92 Å². The fourth-order valence-electron chi connectivity index (χ4n) is 3.50. The quantitative estimate of drug-likeness (QED) is 0.620. The number of methoxy groups -OCH3 is 1. The van der Waals surface area contributed by atoms with Crippen LogP contribution in [0.2, 0.25) is 0 Å². The molecule has 5 nitrogen and oxygen atoms in total. The van der Waals surface area contributed by atoms with Gasteiger partial charge in [0.25, 0.3) is 5.91 Å². The fourth-order valence-corrected chi connectivity index (χ4v) is 3.77. The summed E-state index contributed by atoms with van der Waals surface area (Å²) >= 11 is 5.34. The monoisotopic (exact) mass is 409 g/mol. The number of ether oxygens (including phenoxy) is 1. The molecule has 0 bridgehead atoms. The first kappa shape index (κ1) is 20.9. The zero-order valence-corrected chi connectivity index (χ0v) is 18.0. The van der Waals surface area contributed by atoms with E-state index in [2.05, 4.69) is 54.1 Å². The number of anilines is 1. The fraction of sp³-hybridized carbons (Fsp3) is 0.304. The van der Waals surface area contributed by atoms with Crippen molar-refractivity contribution in [1.29, 1.82) is 0 Å². The Balaban J connectivity index is 1.90. The molecule has 1 atom stereocenters. The molecular formula is C23H27N3O2S. The van der Waals surface area contributed by atoms with Gasteiger partial charge >= 0.3 is 0 Å². The van der Waals surface area contributed by atoms with Gasteiger partial charge < -0.3 is 20.7 Å². The van der Waals surface area contributed by atoms with Gasteiger partial charge in [0.2, 0.25) is 0 Å². The summed E-state index contributed by atoms with van der Waals surface area (Å²) in [6.45, 7) is 6.27. The van der Waals surface area contributed by atoms with E-state index in [1.165, 1.54) is 5.56 Å². The average Bonchev–Trinajstić information content (AvgIpc) is 2.67. The highest BCUT2D eigenvalue weighted by molar-refractivity contribution is 7.80. The molecule has 3 rings (SSSR count). The van der Waals surface area contributed by atoms with Crippen molar-refractivity contribution in [2.24, 2.45) is 5.92 Å². The Labute approximate surface area is 177 Å². The lowest BCUT2D eigenvalue weighted by atomic mass is 9.93. The van der Waals surface area contributed by atoms with Crippen LogP contribution in [0.3, 0.4) is 0 Å². The number of hydrogen-bond acceptors (Lipinski definition) is 3. The molecule has 1 unspecified atom stereocenters. The molecule has 2 aromatic carbocycles. The maximum atomic E-state index is 13.2. The Morgan fingerprint density at radius 1 is 1.17 bits per heavy atom. The number of rotatable bonds is 6. The van der Waals surface area contributed by atoms with Crippen molar-refractivity contribution in [1.82, 2.24) is 10.6 Å². The molecule has 2 aromatic rings. The third-order valence-electron chi connectivity index (χ3n) is 4.83. The third kappa shape index (κ3) is 4.95. The van der Waals surface area contributed by atoms with Crippen molar-refractivity contribution in [3.63, 3.8) is 0 Å². The average molecular weight is 410 g/mol. The number of allylic oxidation sites excluding steroid dienone is 1. The zero-order valence-electron chi connectivity index (χ0n) is 17.2. The molecule has 0 fully saturated rings. The summed E-state index contributed by atoms with van der Waals surface area (Å²) in [6, 6.07) is 15.4. The van der Waals surface area contributed by atoms with E-state index in [1.807, 2.05) is 31.2 Å². The van der Waals surface area contributed by atoms with Gasteiger partial charge in [0, 0.05) is 5.70 Å². The number of carbonyl (C=O) groups excluding carboxylic acids is 1. The first-order valence-corrected chi connectivity index (χ1v) is 10.1. The summed E-state index contributed by atoms with van der Waals surface area (Å²) in [5.41, 5.74) is 4.23. The summed E-state index contributed by atoms with van der Waals surface area (Å²) in [5.74, 6) is 1.00. The van der Waals surface area contributed by atoms with Crippen LogP contribution in [-0.2, 0) is 11.2 Å². The van der Waals surface area contributed by atoms with E-state index >= 15 is 0 Å². The molecule has 0 aromatic heterocycles. The molecule has 0 saturated carbocycles. The van der Waals surface area contributed by atoms with Gasteiger partial charge in [-0.05, 0) is 54.7 Å². The summed E-state index contributed by atoms with van der Waals surface area (Å²) in [7, 11) is 1.58. The van der Waals surface area contributed by atoms with Gasteiger partial charge in [-0.25, -0.2) is 0 Å². The smallest absolute Gasteiger partial charge is 0.255 e. The lowest BCUT2D eigenvalue weighted by Gasteiger charge is -2.30. The van der Waals surface area contributed by atoms with E-state index in [-0.39, 0.29) is 11.9 Å². The number of nitrogens with one attached hydrogen (secondary N) is 3. The molecule has 1 heterocycles.